The molecule has 0 radical (unpaired) electrons. The van der Waals surface area contributed by atoms with Crippen molar-refractivity contribution in [1.82, 2.24) is 10.6 Å². The summed E-state index contributed by atoms with van der Waals surface area (Å²) < 4.78 is 28.1. The van der Waals surface area contributed by atoms with E-state index in [4.69, 9.17) is 9.16 Å². The molecule has 0 aliphatic heterocycles. The number of carbonyl (C=O) groups is 2. The third kappa shape index (κ3) is 11.7. The molecule has 53 heavy (non-hydrogen) atoms. The van der Waals surface area contributed by atoms with E-state index >= 15 is 4.39 Å². The van der Waals surface area contributed by atoms with E-state index in [1.807, 2.05) is 72.8 Å². The van der Waals surface area contributed by atoms with E-state index in [2.05, 4.69) is 93.8 Å². The molecular formula is C45H59FN2O4Si. The molecule has 0 saturated heterocycles. The van der Waals surface area contributed by atoms with E-state index in [1.165, 1.54) is 17.5 Å². The number of ether oxygens (including phenoxy) is 1. The maximum Gasteiger partial charge on any atom is 0.407 e. The van der Waals surface area contributed by atoms with Gasteiger partial charge in [0.15, 0.2) is 5.78 Å². The number of nitrogens with one attached hydrogen (secondary N) is 2. The molecule has 4 aromatic carbocycles. The lowest BCUT2D eigenvalue weighted by atomic mass is 9.82. The van der Waals surface area contributed by atoms with Crippen LogP contribution in [0.4, 0.5) is 9.18 Å². The van der Waals surface area contributed by atoms with Gasteiger partial charge in [-0.25, -0.2) is 9.18 Å². The normalized spacial score (nSPS) is 13.8. The van der Waals surface area contributed by atoms with Crippen LogP contribution >= 0.6 is 0 Å². The van der Waals surface area contributed by atoms with Crippen molar-refractivity contribution in [3.63, 3.8) is 0 Å². The number of alkyl halides is 1. The van der Waals surface area contributed by atoms with E-state index in [9.17, 15) is 9.59 Å². The van der Waals surface area contributed by atoms with E-state index in [0.29, 0.717) is 18.9 Å². The van der Waals surface area contributed by atoms with Gasteiger partial charge in [0.2, 0.25) is 0 Å². The fourth-order valence-electron chi connectivity index (χ4n) is 7.22. The number of alkyl carbamates (subject to hydrolysis) is 1. The fourth-order valence-corrected chi connectivity index (χ4v) is 11.8. The Kier molecular flexibility index (Phi) is 16.0. The predicted octanol–water partition coefficient (Wildman–Crippen LogP) is 8.59. The Morgan fingerprint density at radius 3 is 1.66 bits per heavy atom. The van der Waals surface area contributed by atoms with Gasteiger partial charge in [-0.15, -0.1) is 0 Å². The highest BCUT2D eigenvalue weighted by Crippen LogP contribution is 2.37. The van der Waals surface area contributed by atoms with Crippen LogP contribution in [0.25, 0.3) is 0 Å². The molecule has 4 aromatic rings. The van der Waals surface area contributed by atoms with Crippen molar-refractivity contribution in [3.8, 4) is 0 Å². The molecule has 6 nitrogen and oxygen atoms in total. The van der Waals surface area contributed by atoms with Crippen LogP contribution in [0, 0.1) is 5.92 Å². The average molecular weight is 739 g/mol. The van der Waals surface area contributed by atoms with Gasteiger partial charge in [-0.05, 0) is 64.7 Å². The minimum absolute atomic E-state index is 0.0179. The average Bonchev–Trinajstić information content (AvgIpc) is 3.16. The van der Waals surface area contributed by atoms with Gasteiger partial charge in [0.05, 0.1) is 13.7 Å². The second-order valence-corrected chi connectivity index (χ2v) is 19.7. The molecule has 0 bridgehead atoms. The summed E-state index contributed by atoms with van der Waals surface area (Å²) in [5.74, 6) is -0.171. The zero-order chi connectivity index (χ0) is 38.3. The lowest BCUT2D eigenvalue weighted by molar-refractivity contribution is -0.121. The predicted molar refractivity (Wildman–Crippen MR) is 217 cm³/mol. The molecular weight excluding hydrogens is 680 g/mol. The highest BCUT2D eigenvalue weighted by atomic mass is 28.4. The topological polar surface area (TPSA) is 76.7 Å². The summed E-state index contributed by atoms with van der Waals surface area (Å²) in [6.45, 7) is 12.4. The maximum atomic E-state index is 15.9. The molecule has 1 amide bonds. The van der Waals surface area contributed by atoms with Crippen LogP contribution in [0.1, 0.15) is 83.8 Å². The standard InChI is InChI=1S/C45H59FN2O4Si/c1-34(2)31-32-47-38(33-52-53(45(3,4)5,39-23-15-9-16-24-39)40-25-17-10-18-26-40)29-27-37(46)28-30-41(49)43(48-44(50)51-6)42(35-19-11-7-12-20-35)36-21-13-8-14-22-36/h7-26,34,37-38,42-43,47H,27-33H2,1-6H3,(H,48,50)/t37?,38-,43+/m0/s1. The number of ketones is 1. The van der Waals surface area contributed by atoms with Crippen molar-refractivity contribution < 1.29 is 23.1 Å². The smallest absolute Gasteiger partial charge is 0.407 e. The van der Waals surface area contributed by atoms with Gasteiger partial charge in [0, 0.05) is 18.4 Å². The molecule has 0 aliphatic rings. The monoisotopic (exact) mass is 738 g/mol. The molecule has 1 unspecified atom stereocenters. The summed E-state index contributed by atoms with van der Waals surface area (Å²) in [7, 11) is -1.50. The van der Waals surface area contributed by atoms with Gasteiger partial charge in [-0.3, -0.25) is 4.79 Å². The first-order chi connectivity index (χ1) is 25.5. The van der Waals surface area contributed by atoms with Crippen LogP contribution < -0.4 is 21.0 Å². The minimum Gasteiger partial charge on any atom is -0.453 e. The number of halogens is 1. The van der Waals surface area contributed by atoms with E-state index in [1.54, 1.807) is 0 Å². The Hall–Kier alpha value is -4.11. The summed E-state index contributed by atoms with van der Waals surface area (Å²) in [4.78, 5) is 26.5. The molecule has 4 rings (SSSR count). The van der Waals surface area contributed by atoms with Crippen molar-refractivity contribution in [2.75, 3.05) is 20.3 Å². The highest BCUT2D eigenvalue weighted by Gasteiger charge is 2.50. The van der Waals surface area contributed by atoms with Crippen LogP contribution in [0.3, 0.4) is 0 Å². The van der Waals surface area contributed by atoms with Crippen LogP contribution in [0.2, 0.25) is 5.04 Å². The lowest BCUT2D eigenvalue weighted by Gasteiger charge is -2.43. The summed E-state index contributed by atoms with van der Waals surface area (Å²) in [6.07, 6.45) is -0.0144. The molecule has 0 aliphatic carbocycles. The number of Topliss-reactive ketones (excluding diaryl/α,β-unsaturated/α-hetero) is 1. The van der Waals surface area contributed by atoms with E-state index in [-0.39, 0.29) is 36.1 Å². The molecule has 284 valence electrons. The molecule has 0 spiro atoms. The van der Waals surface area contributed by atoms with Crippen LogP contribution in [-0.4, -0.2) is 58.7 Å². The van der Waals surface area contributed by atoms with Crippen LogP contribution in [0.15, 0.2) is 121 Å². The second kappa shape index (κ2) is 20.4. The van der Waals surface area contributed by atoms with Crippen molar-refractivity contribution >= 4 is 30.6 Å². The summed E-state index contributed by atoms with van der Waals surface area (Å²) in [5.41, 5.74) is 1.75. The lowest BCUT2D eigenvalue weighted by Crippen LogP contribution is -2.67. The van der Waals surface area contributed by atoms with Crippen molar-refractivity contribution in [1.29, 1.82) is 0 Å². The fraction of sp³-hybridized carbons (Fsp3) is 0.422. The van der Waals surface area contributed by atoms with Crippen LogP contribution in [-0.2, 0) is 14.0 Å². The summed E-state index contributed by atoms with van der Waals surface area (Å²) in [6, 6.07) is 39.3. The van der Waals surface area contributed by atoms with Gasteiger partial charge in [-0.2, -0.15) is 0 Å². The van der Waals surface area contributed by atoms with Crippen molar-refractivity contribution in [2.24, 2.45) is 5.92 Å². The van der Waals surface area contributed by atoms with E-state index < -0.39 is 32.5 Å². The van der Waals surface area contributed by atoms with Crippen molar-refractivity contribution in [3.05, 3.63) is 132 Å². The first kappa shape index (κ1) is 41.6. The van der Waals surface area contributed by atoms with Gasteiger partial charge in [0.1, 0.15) is 12.2 Å². The van der Waals surface area contributed by atoms with Gasteiger partial charge >= 0.3 is 6.09 Å². The highest BCUT2D eigenvalue weighted by molar-refractivity contribution is 6.99. The molecule has 8 heteroatoms. The molecule has 0 fully saturated rings. The quantitative estimate of drug-likeness (QED) is 0.0889. The Morgan fingerprint density at radius 2 is 1.21 bits per heavy atom. The molecule has 0 saturated carbocycles. The number of amides is 1. The van der Waals surface area contributed by atoms with Gasteiger partial charge in [0.25, 0.3) is 8.32 Å². The number of carbonyl (C=O) groups excluding carboxylic acids is 2. The maximum absolute atomic E-state index is 15.9. The summed E-state index contributed by atoms with van der Waals surface area (Å²) >= 11 is 0. The number of benzene rings is 4. The number of methoxy groups -OCH3 is 1. The molecule has 0 aromatic heterocycles. The number of hydrogen-bond acceptors (Lipinski definition) is 5. The third-order valence-corrected chi connectivity index (χ3v) is 15.1. The first-order valence-electron chi connectivity index (χ1n) is 19.1. The largest absolute Gasteiger partial charge is 0.453 e. The van der Waals surface area contributed by atoms with Crippen molar-refractivity contribution in [2.45, 2.75) is 95.9 Å². The Labute approximate surface area is 318 Å². The molecule has 3 atom stereocenters. The Balaban J connectivity index is 1.50. The van der Waals surface area contributed by atoms with Crippen LogP contribution in [0.5, 0.6) is 0 Å². The zero-order valence-corrected chi connectivity index (χ0v) is 33.4. The third-order valence-electron chi connectivity index (χ3n) is 10.1. The molecule has 0 heterocycles. The summed E-state index contributed by atoms with van der Waals surface area (Å²) in [5, 5.41) is 8.73. The SMILES string of the molecule is COC(=O)N[C@H](C(=O)CCC(F)CC[C@@H](CO[Si](c1ccccc1)(c1ccccc1)C(C)(C)C)NCCC(C)C)C(c1ccccc1)c1ccccc1. The van der Waals surface area contributed by atoms with E-state index in [0.717, 1.165) is 24.1 Å². The second-order valence-electron chi connectivity index (χ2n) is 15.4. The molecule has 2 N–H and O–H groups in total. The van der Waals surface area contributed by atoms with Gasteiger partial charge in [-0.1, -0.05) is 156 Å². The number of rotatable bonds is 20. The minimum atomic E-state index is -2.78. The Morgan fingerprint density at radius 1 is 0.717 bits per heavy atom. The zero-order valence-electron chi connectivity index (χ0n) is 32.4. The number of hydrogen-bond donors (Lipinski definition) is 2. The first-order valence-corrected chi connectivity index (χ1v) is 21.0. The van der Waals surface area contributed by atoms with Gasteiger partial charge < -0.3 is 19.8 Å². The Bertz CT molecular complexity index is 1570.